The zero-order valence-electron chi connectivity index (χ0n) is 14.5. The molecule has 0 aromatic heterocycles. The van der Waals surface area contributed by atoms with Crippen molar-refractivity contribution in [3.05, 3.63) is 62.7 Å². The number of carbonyl (C=O) groups is 1. The number of aryl methyl sites for hydroxylation is 1. The van der Waals surface area contributed by atoms with Crippen molar-refractivity contribution in [2.24, 2.45) is 0 Å². The Balaban J connectivity index is 1.95. The van der Waals surface area contributed by atoms with Gasteiger partial charge in [-0.2, -0.15) is 0 Å². The molecule has 136 valence electrons. The van der Waals surface area contributed by atoms with E-state index >= 15 is 0 Å². The summed E-state index contributed by atoms with van der Waals surface area (Å²) in [5.74, 6) is -0.403. The Morgan fingerprint density at radius 2 is 1.88 bits per heavy atom. The number of hydrogen-bond donors (Lipinski definition) is 1. The predicted octanol–water partition coefficient (Wildman–Crippen LogP) is 4.80. The Morgan fingerprint density at radius 1 is 1.15 bits per heavy atom. The number of benzene rings is 2. The van der Waals surface area contributed by atoms with E-state index in [1.54, 1.807) is 18.2 Å². The first kappa shape index (κ1) is 18.2. The number of nitrogens with zero attached hydrogens (tertiary/aromatic N) is 2. The highest BCUT2D eigenvalue weighted by Gasteiger charge is 2.22. The van der Waals surface area contributed by atoms with E-state index in [2.05, 4.69) is 10.2 Å². The number of anilines is 2. The molecular weight excluding hydrogens is 354 g/mol. The van der Waals surface area contributed by atoms with Crippen molar-refractivity contribution in [2.75, 3.05) is 23.3 Å². The third kappa shape index (κ3) is 3.96. The molecule has 0 spiro atoms. The second kappa shape index (κ2) is 7.74. The molecule has 1 N–H and O–H groups in total. The van der Waals surface area contributed by atoms with E-state index in [9.17, 15) is 14.9 Å². The normalized spacial score (nSPS) is 14.2. The Morgan fingerprint density at radius 3 is 2.54 bits per heavy atom. The zero-order valence-corrected chi connectivity index (χ0v) is 15.3. The highest BCUT2D eigenvalue weighted by atomic mass is 35.5. The van der Waals surface area contributed by atoms with Gasteiger partial charge in [-0.15, -0.1) is 0 Å². The molecule has 2 aromatic carbocycles. The lowest BCUT2D eigenvalue weighted by Gasteiger charge is -2.30. The Bertz CT molecular complexity index is 848. The first-order valence-corrected chi connectivity index (χ1v) is 8.94. The van der Waals surface area contributed by atoms with E-state index < -0.39 is 10.8 Å². The second-order valence-corrected chi connectivity index (χ2v) is 6.85. The molecule has 3 rings (SSSR count). The summed E-state index contributed by atoms with van der Waals surface area (Å²) in [6, 6.07) is 9.78. The quantitative estimate of drug-likeness (QED) is 0.617. The van der Waals surface area contributed by atoms with Crippen LogP contribution in [0.2, 0.25) is 5.02 Å². The number of halogens is 1. The van der Waals surface area contributed by atoms with Gasteiger partial charge in [-0.25, -0.2) is 0 Å². The molecular formula is C19H20ClN3O3. The largest absolute Gasteiger partial charge is 0.371 e. The molecule has 1 heterocycles. The maximum absolute atomic E-state index is 12.9. The first-order valence-electron chi connectivity index (χ1n) is 8.56. The van der Waals surface area contributed by atoms with Crippen LogP contribution in [-0.4, -0.2) is 23.9 Å². The summed E-state index contributed by atoms with van der Waals surface area (Å²) in [6.45, 7) is 3.58. The van der Waals surface area contributed by atoms with Gasteiger partial charge in [-0.05, 0) is 49.9 Å². The van der Waals surface area contributed by atoms with Crippen molar-refractivity contribution >= 4 is 34.6 Å². The maximum atomic E-state index is 12.9. The van der Waals surface area contributed by atoms with Crippen molar-refractivity contribution in [3.63, 3.8) is 0 Å². The molecule has 1 aliphatic heterocycles. The van der Waals surface area contributed by atoms with E-state index in [-0.39, 0.29) is 11.3 Å². The van der Waals surface area contributed by atoms with Crippen LogP contribution in [-0.2, 0) is 0 Å². The fraction of sp³-hybridized carbons (Fsp3) is 0.316. The third-order valence-corrected chi connectivity index (χ3v) is 4.82. The van der Waals surface area contributed by atoms with Crippen LogP contribution in [0.4, 0.5) is 17.1 Å². The smallest absolute Gasteiger partial charge is 0.270 e. The molecule has 1 amide bonds. The summed E-state index contributed by atoms with van der Waals surface area (Å²) < 4.78 is 0. The Hall–Kier alpha value is -2.60. The van der Waals surface area contributed by atoms with E-state index in [1.807, 2.05) is 13.0 Å². The van der Waals surface area contributed by atoms with Crippen LogP contribution < -0.4 is 10.2 Å². The second-order valence-electron chi connectivity index (χ2n) is 6.44. The summed E-state index contributed by atoms with van der Waals surface area (Å²) >= 11 is 6.20. The molecule has 26 heavy (non-hydrogen) atoms. The lowest BCUT2D eigenvalue weighted by Crippen LogP contribution is -2.31. The zero-order chi connectivity index (χ0) is 18.7. The van der Waals surface area contributed by atoms with Crippen molar-refractivity contribution in [2.45, 2.75) is 26.2 Å². The highest BCUT2D eigenvalue weighted by molar-refractivity contribution is 6.34. The minimum Gasteiger partial charge on any atom is -0.371 e. The molecule has 0 unspecified atom stereocenters. The van der Waals surface area contributed by atoms with Gasteiger partial charge in [0.15, 0.2) is 0 Å². The molecule has 1 aliphatic rings. The molecule has 0 atom stereocenters. The SMILES string of the molecule is Cc1ccc(NC(=O)c2cc([N+](=O)[O-])ccc2N2CCCCC2)c(Cl)c1. The molecule has 0 aliphatic carbocycles. The summed E-state index contributed by atoms with van der Waals surface area (Å²) in [4.78, 5) is 25.6. The summed E-state index contributed by atoms with van der Waals surface area (Å²) in [6.07, 6.45) is 3.24. The predicted molar refractivity (Wildman–Crippen MR) is 103 cm³/mol. The number of non-ortho nitro benzene ring substituents is 1. The van der Waals surface area contributed by atoms with Gasteiger partial charge in [0.25, 0.3) is 11.6 Å². The van der Waals surface area contributed by atoms with Crippen molar-refractivity contribution in [1.82, 2.24) is 0 Å². The molecule has 2 aromatic rings. The van der Waals surface area contributed by atoms with E-state index in [1.165, 1.54) is 12.1 Å². The number of nitrogens with one attached hydrogen (secondary N) is 1. The average Bonchev–Trinajstić information content (AvgIpc) is 2.64. The monoisotopic (exact) mass is 373 g/mol. The molecule has 0 saturated carbocycles. The molecule has 0 radical (unpaired) electrons. The third-order valence-electron chi connectivity index (χ3n) is 4.51. The van der Waals surface area contributed by atoms with Crippen LogP contribution in [0.15, 0.2) is 36.4 Å². The molecule has 0 bridgehead atoms. The number of amides is 1. The van der Waals surface area contributed by atoms with E-state index in [0.29, 0.717) is 10.7 Å². The van der Waals surface area contributed by atoms with E-state index in [4.69, 9.17) is 11.6 Å². The number of nitro groups is 1. The lowest BCUT2D eigenvalue weighted by atomic mass is 10.1. The Labute approximate surface area is 156 Å². The maximum Gasteiger partial charge on any atom is 0.270 e. The first-order chi connectivity index (χ1) is 12.5. The minimum absolute atomic E-state index is 0.106. The van der Waals surface area contributed by atoms with Crippen LogP contribution in [0.5, 0.6) is 0 Å². The summed E-state index contributed by atoms with van der Waals surface area (Å²) in [5, 5.41) is 14.4. The van der Waals surface area contributed by atoms with Crippen LogP contribution in [0.25, 0.3) is 0 Å². The fourth-order valence-corrected chi connectivity index (χ4v) is 3.42. The number of nitro benzene ring substituents is 1. The number of carbonyl (C=O) groups excluding carboxylic acids is 1. The van der Waals surface area contributed by atoms with Gasteiger partial charge in [0, 0.05) is 25.2 Å². The van der Waals surface area contributed by atoms with Crippen LogP contribution >= 0.6 is 11.6 Å². The minimum atomic E-state index is -0.490. The van der Waals surface area contributed by atoms with Gasteiger partial charge in [-0.3, -0.25) is 14.9 Å². The van der Waals surface area contributed by atoms with Gasteiger partial charge in [-0.1, -0.05) is 17.7 Å². The standard InChI is InChI=1S/C19H20ClN3O3/c1-13-5-7-17(16(20)11-13)21-19(24)15-12-14(23(25)26)6-8-18(15)22-9-3-2-4-10-22/h5-8,11-12H,2-4,9-10H2,1H3,(H,21,24). The number of rotatable bonds is 4. The summed E-state index contributed by atoms with van der Waals surface area (Å²) in [7, 11) is 0. The van der Waals surface area contributed by atoms with Gasteiger partial charge in [0.1, 0.15) is 0 Å². The van der Waals surface area contributed by atoms with Crippen LogP contribution in [0.1, 0.15) is 35.2 Å². The van der Waals surface area contributed by atoms with E-state index in [0.717, 1.165) is 43.6 Å². The molecule has 1 saturated heterocycles. The van der Waals surface area contributed by atoms with Gasteiger partial charge >= 0.3 is 0 Å². The topological polar surface area (TPSA) is 75.5 Å². The van der Waals surface area contributed by atoms with Crippen LogP contribution in [0, 0.1) is 17.0 Å². The number of hydrogen-bond acceptors (Lipinski definition) is 4. The molecule has 6 nitrogen and oxygen atoms in total. The Kier molecular flexibility index (Phi) is 5.42. The molecule has 7 heteroatoms. The molecule has 1 fully saturated rings. The van der Waals surface area contributed by atoms with Gasteiger partial charge in [0.05, 0.1) is 26.9 Å². The fourth-order valence-electron chi connectivity index (χ4n) is 3.14. The van der Waals surface area contributed by atoms with Crippen molar-refractivity contribution in [1.29, 1.82) is 0 Å². The van der Waals surface area contributed by atoms with Crippen molar-refractivity contribution < 1.29 is 9.72 Å². The lowest BCUT2D eigenvalue weighted by molar-refractivity contribution is -0.384. The number of piperidine rings is 1. The van der Waals surface area contributed by atoms with Gasteiger partial charge < -0.3 is 10.2 Å². The van der Waals surface area contributed by atoms with Crippen molar-refractivity contribution in [3.8, 4) is 0 Å². The average molecular weight is 374 g/mol. The highest BCUT2D eigenvalue weighted by Crippen LogP contribution is 2.30. The summed E-state index contributed by atoms with van der Waals surface area (Å²) in [5.41, 5.74) is 2.37. The van der Waals surface area contributed by atoms with Crippen LogP contribution in [0.3, 0.4) is 0 Å². The van der Waals surface area contributed by atoms with Gasteiger partial charge in [0.2, 0.25) is 0 Å².